The number of hydrogen-bond donors (Lipinski definition) is 4. The van der Waals surface area contributed by atoms with Gasteiger partial charge in [0, 0.05) is 40.1 Å². The minimum atomic E-state index is -0.473. The van der Waals surface area contributed by atoms with E-state index in [1.54, 1.807) is 30.3 Å². The van der Waals surface area contributed by atoms with E-state index < -0.39 is 11.8 Å². The van der Waals surface area contributed by atoms with Gasteiger partial charge < -0.3 is 25.7 Å². The quantitative estimate of drug-likeness (QED) is 0.0966. The molecule has 0 saturated carbocycles. The Morgan fingerprint density at radius 1 is 0.844 bits per heavy atom. The van der Waals surface area contributed by atoms with Gasteiger partial charge in [-0.3, -0.25) is 9.59 Å². The molecule has 0 spiro atoms. The number of carbonyl (C=O) groups is 2. The summed E-state index contributed by atoms with van der Waals surface area (Å²) in [4.78, 5) is 26.4. The second-order valence-corrected chi connectivity index (χ2v) is 11.1. The third-order valence-electron chi connectivity index (χ3n) is 6.93. The highest BCUT2D eigenvalue weighted by molar-refractivity contribution is 7.80. The van der Waals surface area contributed by atoms with E-state index in [4.69, 9.17) is 28.2 Å². The average Bonchev–Trinajstić information content (AvgIpc) is 3.51. The van der Waals surface area contributed by atoms with E-state index in [1.165, 1.54) is 6.08 Å². The van der Waals surface area contributed by atoms with Crippen LogP contribution < -0.4 is 21.3 Å². The summed E-state index contributed by atoms with van der Waals surface area (Å²) in [6.07, 6.45) is 1.52. The van der Waals surface area contributed by atoms with Crippen molar-refractivity contribution < 1.29 is 14.0 Å². The molecular weight excluding hydrogens is 604 g/mol. The first-order valence-corrected chi connectivity index (χ1v) is 15.0. The molecule has 0 radical (unpaired) electrons. The van der Waals surface area contributed by atoms with Crippen LogP contribution in [0.15, 0.2) is 119 Å². The zero-order valence-electron chi connectivity index (χ0n) is 24.7. The van der Waals surface area contributed by atoms with Crippen molar-refractivity contribution in [2.45, 2.75) is 20.4 Å². The Morgan fingerprint density at radius 2 is 1.60 bits per heavy atom. The summed E-state index contributed by atoms with van der Waals surface area (Å²) in [6.45, 7) is 4.13. The summed E-state index contributed by atoms with van der Waals surface area (Å²) in [5.74, 6) is 0.188. The van der Waals surface area contributed by atoms with E-state index in [0.717, 1.165) is 33.6 Å². The van der Waals surface area contributed by atoms with Crippen molar-refractivity contribution in [2.24, 2.45) is 0 Å². The molecule has 7 nitrogen and oxygen atoms in total. The SMILES string of the molecule is Cc1ccc(-c2ccc(/C=C(\NC(=O)c3ccccc3)C(=O)NCc3cccc(NC(=S)Nc4cccc(Cl)c4C)c3)o2)cc1. The van der Waals surface area contributed by atoms with Gasteiger partial charge in [0.15, 0.2) is 5.11 Å². The molecule has 1 heterocycles. The number of aryl methyl sites for hydroxylation is 1. The van der Waals surface area contributed by atoms with Crippen LogP contribution in [0.5, 0.6) is 0 Å². The van der Waals surface area contributed by atoms with Crippen LogP contribution in [0.3, 0.4) is 0 Å². The van der Waals surface area contributed by atoms with Crippen molar-refractivity contribution in [1.29, 1.82) is 0 Å². The van der Waals surface area contributed by atoms with E-state index in [-0.39, 0.29) is 12.2 Å². The van der Waals surface area contributed by atoms with Gasteiger partial charge in [0.25, 0.3) is 11.8 Å². The molecule has 0 aliphatic rings. The Morgan fingerprint density at radius 3 is 2.38 bits per heavy atom. The van der Waals surface area contributed by atoms with Crippen molar-refractivity contribution in [3.05, 3.63) is 148 Å². The summed E-state index contributed by atoms with van der Waals surface area (Å²) in [5.41, 5.74) is 5.78. The number of hydrogen-bond acceptors (Lipinski definition) is 4. The lowest BCUT2D eigenvalue weighted by molar-refractivity contribution is -0.117. The average molecular weight is 635 g/mol. The van der Waals surface area contributed by atoms with Gasteiger partial charge in [-0.25, -0.2) is 0 Å². The molecule has 1 aromatic heterocycles. The zero-order valence-corrected chi connectivity index (χ0v) is 26.3. The van der Waals surface area contributed by atoms with Crippen molar-refractivity contribution in [2.75, 3.05) is 10.6 Å². The summed E-state index contributed by atoms with van der Waals surface area (Å²) in [6, 6.07) is 33.3. The Hall–Kier alpha value is -5.18. The molecule has 5 rings (SSSR count). The maximum absolute atomic E-state index is 13.4. The number of benzene rings is 4. The molecular formula is C36H31ClN4O3S. The molecule has 0 fully saturated rings. The Kier molecular flexibility index (Phi) is 10.1. The summed E-state index contributed by atoms with van der Waals surface area (Å²) in [5, 5.41) is 13.0. The predicted octanol–water partition coefficient (Wildman–Crippen LogP) is 8.11. The van der Waals surface area contributed by atoms with Crippen molar-refractivity contribution in [3.63, 3.8) is 0 Å². The molecule has 45 heavy (non-hydrogen) atoms. The van der Waals surface area contributed by atoms with Gasteiger partial charge in [-0.05, 0) is 85.7 Å². The fourth-order valence-corrected chi connectivity index (χ4v) is 4.85. The molecule has 5 aromatic rings. The lowest BCUT2D eigenvalue weighted by Crippen LogP contribution is -2.34. The van der Waals surface area contributed by atoms with Crippen LogP contribution in [0.2, 0.25) is 5.02 Å². The van der Waals surface area contributed by atoms with Crippen LogP contribution in [-0.2, 0) is 11.3 Å². The fraction of sp³-hybridized carbons (Fsp3) is 0.0833. The Bertz CT molecular complexity index is 1870. The topological polar surface area (TPSA) is 95.4 Å². The molecule has 4 N–H and O–H groups in total. The molecule has 0 bridgehead atoms. The van der Waals surface area contributed by atoms with E-state index in [9.17, 15) is 9.59 Å². The lowest BCUT2D eigenvalue weighted by atomic mass is 10.1. The molecule has 0 saturated heterocycles. The minimum absolute atomic E-state index is 0.0465. The molecule has 0 aliphatic carbocycles. The van der Waals surface area contributed by atoms with E-state index >= 15 is 0 Å². The van der Waals surface area contributed by atoms with Crippen molar-refractivity contribution in [3.8, 4) is 11.3 Å². The minimum Gasteiger partial charge on any atom is -0.457 e. The second-order valence-electron chi connectivity index (χ2n) is 10.3. The Balaban J connectivity index is 1.29. The summed E-state index contributed by atoms with van der Waals surface area (Å²) >= 11 is 11.7. The highest BCUT2D eigenvalue weighted by Gasteiger charge is 2.16. The number of carbonyl (C=O) groups excluding carboxylic acids is 2. The number of rotatable bonds is 9. The van der Waals surface area contributed by atoms with E-state index in [1.807, 2.05) is 92.7 Å². The third-order valence-corrected chi connectivity index (χ3v) is 7.55. The molecule has 4 aromatic carbocycles. The monoisotopic (exact) mass is 634 g/mol. The van der Waals surface area contributed by atoms with Crippen LogP contribution in [0.25, 0.3) is 17.4 Å². The largest absolute Gasteiger partial charge is 0.457 e. The first-order valence-electron chi connectivity index (χ1n) is 14.2. The number of nitrogens with one attached hydrogen (secondary N) is 4. The lowest BCUT2D eigenvalue weighted by Gasteiger charge is -2.14. The predicted molar refractivity (Wildman–Crippen MR) is 185 cm³/mol. The van der Waals surface area contributed by atoms with Gasteiger partial charge in [0.1, 0.15) is 17.2 Å². The Labute approximate surface area is 272 Å². The molecule has 0 atom stereocenters. The summed E-state index contributed by atoms with van der Waals surface area (Å²) in [7, 11) is 0. The summed E-state index contributed by atoms with van der Waals surface area (Å²) < 4.78 is 6.01. The van der Waals surface area contributed by atoms with Crippen LogP contribution >= 0.6 is 23.8 Å². The smallest absolute Gasteiger partial charge is 0.268 e. The fourth-order valence-electron chi connectivity index (χ4n) is 4.45. The van der Waals surface area contributed by atoms with E-state index in [2.05, 4.69) is 21.3 Å². The maximum atomic E-state index is 13.4. The van der Waals surface area contributed by atoms with Gasteiger partial charge >= 0.3 is 0 Å². The first-order chi connectivity index (χ1) is 21.7. The van der Waals surface area contributed by atoms with Crippen LogP contribution in [0.4, 0.5) is 11.4 Å². The second kappa shape index (κ2) is 14.5. The number of furan rings is 1. The molecule has 9 heteroatoms. The van der Waals surface area contributed by atoms with Crippen molar-refractivity contribution in [1.82, 2.24) is 10.6 Å². The number of thiocarbonyl (C=S) groups is 1. The number of anilines is 2. The zero-order chi connectivity index (χ0) is 31.8. The standard InChI is InChI=1S/C36H31ClN4O3S/c1-23-14-16-26(17-15-23)33-19-18-29(44-33)21-32(40-34(42)27-9-4-3-5-10-27)35(43)38-22-25-8-6-11-28(20-25)39-36(45)41-31-13-7-12-30(37)24(31)2/h3-21H,22H2,1-2H3,(H,38,43)(H,40,42)(H2,39,41,45)/b32-21-. The molecule has 0 unspecified atom stereocenters. The van der Waals surface area contributed by atoms with Gasteiger partial charge in [0.2, 0.25) is 0 Å². The number of halogens is 1. The maximum Gasteiger partial charge on any atom is 0.268 e. The molecule has 226 valence electrons. The van der Waals surface area contributed by atoms with Gasteiger partial charge in [-0.2, -0.15) is 0 Å². The normalized spacial score (nSPS) is 11.0. The van der Waals surface area contributed by atoms with Crippen LogP contribution in [0.1, 0.15) is 32.8 Å². The number of amides is 2. The van der Waals surface area contributed by atoms with Gasteiger partial charge in [-0.15, -0.1) is 0 Å². The van der Waals surface area contributed by atoms with Gasteiger partial charge in [0.05, 0.1) is 0 Å². The van der Waals surface area contributed by atoms with Gasteiger partial charge in [-0.1, -0.05) is 77.8 Å². The first kappa shape index (κ1) is 31.3. The highest BCUT2D eigenvalue weighted by atomic mass is 35.5. The highest BCUT2D eigenvalue weighted by Crippen LogP contribution is 2.25. The molecule has 2 amide bonds. The van der Waals surface area contributed by atoms with E-state index in [0.29, 0.717) is 27.2 Å². The molecule has 0 aliphatic heterocycles. The third kappa shape index (κ3) is 8.47. The van der Waals surface area contributed by atoms with Crippen LogP contribution in [0, 0.1) is 13.8 Å². The van der Waals surface area contributed by atoms with Crippen LogP contribution in [-0.4, -0.2) is 16.9 Å². The van der Waals surface area contributed by atoms with Crippen molar-refractivity contribution >= 4 is 58.2 Å².